The summed E-state index contributed by atoms with van der Waals surface area (Å²) in [5.41, 5.74) is 1.95. The van der Waals surface area contributed by atoms with E-state index in [-0.39, 0.29) is 29.4 Å². The average molecular weight is 370 g/mol. The summed E-state index contributed by atoms with van der Waals surface area (Å²) < 4.78 is 11.0. The number of ether oxygens (including phenoxy) is 2. The molecule has 0 bridgehead atoms. The maximum absolute atomic E-state index is 12.6. The number of carbonyl (C=O) groups excluding carboxylic acids is 3. The largest absolute Gasteiger partial charge is 0.462 e. The summed E-state index contributed by atoms with van der Waals surface area (Å²) in [4.78, 5) is 35.7. The van der Waals surface area contributed by atoms with E-state index in [2.05, 4.69) is 6.92 Å². The summed E-state index contributed by atoms with van der Waals surface area (Å²) in [7, 11) is 0. The molecular formula is C22H26O5. The molecule has 0 radical (unpaired) electrons. The molecule has 0 amide bonds. The lowest BCUT2D eigenvalue weighted by atomic mass is 9.54. The van der Waals surface area contributed by atoms with Crippen molar-refractivity contribution in [3.63, 3.8) is 0 Å². The number of esters is 2. The van der Waals surface area contributed by atoms with E-state index in [1.54, 1.807) is 0 Å². The van der Waals surface area contributed by atoms with Gasteiger partial charge in [-0.3, -0.25) is 14.4 Å². The van der Waals surface area contributed by atoms with E-state index in [9.17, 15) is 14.4 Å². The third-order valence-electron chi connectivity index (χ3n) is 6.94. The molecule has 0 spiro atoms. The molecule has 5 atom stereocenters. The van der Waals surface area contributed by atoms with Gasteiger partial charge in [0.25, 0.3) is 0 Å². The van der Waals surface area contributed by atoms with Crippen LogP contribution in [0.15, 0.2) is 18.2 Å². The number of Topliss-reactive ketones (excluding diaryl/α,β-unsaturated/α-hetero) is 1. The highest BCUT2D eigenvalue weighted by molar-refractivity contribution is 5.87. The molecule has 5 heteroatoms. The minimum Gasteiger partial charge on any atom is -0.462 e. The van der Waals surface area contributed by atoms with E-state index >= 15 is 0 Å². The third-order valence-corrected chi connectivity index (χ3v) is 6.94. The van der Waals surface area contributed by atoms with Gasteiger partial charge in [-0.1, -0.05) is 13.0 Å². The first kappa shape index (κ1) is 18.2. The second kappa shape index (κ2) is 6.47. The number of aryl methyl sites for hydroxylation is 1. The molecule has 1 aromatic carbocycles. The lowest BCUT2D eigenvalue weighted by Crippen LogP contribution is -2.50. The van der Waals surface area contributed by atoms with Gasteiger partial charge >= 0.3 is 11.9 Å². The van der Waals surface area contributed by atoms with Crippen LogP contribution in [0.3, 0.4) is 0 Å². The van der Waals surface area contributed by atoms with Gasteiger partial charge in [0.05, 0.1) is 0 Å². The monoisotopic (exact) mass is 370 g/mol. The van der Waals surface area contributed by atoms with Gasteiger partial charge in [0.2, 0.25) is 0 Å². The molecule has 0 unspecified atom stereocenters. The summed E-state index contributed by atoms with van der Waals surface area (Å²) in [6.07, 6.45) is 3.74. The van der Waals surface area contributed by atoms with Crippen molar-refractivity contribution in [3.05, 3.63) is 29.3 Å². The molecule has 27 heavy (non-hydrogen) atoms. The van der Waals surface area contributed by atoms with Crippen molar-refractivity contribution in [1.82, 2.24) is 0 Å². The molecular weight excluding hydrogens is 344 g/mol. The van der Waals surface area contributed by atoms with Gasteiger partial charge in [0.1, 0.15) is 17.6 Å². The number of fused-ring (bicyclic) bond motifs is 5. The SMILES string of the molecule is CC(=O)Oc1ccc2c(c1)CC[C@@H]1[C@@H]2[C@@H](OC(C)=O)C[C@]2(C)C(=O)CC[C@@H]12. The highest BCUT2D eigenvalue weighted by Gasteiger charge is 2.58. The van der Waals surface area contributed by atoms with Crippen molar-refractivity contribution < 1.29 is 23.9 Å². The Morgan fingerprint density at radius 2 is 1.89 bits per heavy atom. The maximum Gasteiger partial charge on any atom is 0.308 e. The van der Waals surface area contributed by atoms with Crippen LogP contribution < -0.4 is 4.74 Å². The fraction of sp³-hybridized carbons (Fsp3) is 0.591. The van der Waals surface area contributed by atoms with E-state index in [1.807, 2.05) is 18.2 Å². The Morgan fingerprint density at radius 3 is 2.59 bits per heavy atom. The Kier molecular flexibility index (Phi) is 4.36. The molecule has 2 fully saturated rings. The molecule has 0 N–H and O–H groups in total. The van der Waals surface area contributed by atoms with Gasteiger partial charge in [0, 0.05) is 31.6 Å². The van der Waals surface area contributed by atoms with Crippen LogP contribution in [-0.4, -0.2) is 23.8 Å². The van der Waals surface area contributed by atoms with Gasteiger partial charge in [0.15, 0.2) is 0 Å². The van der Waals surface area contributed by atoms with Crippen molar-refractivity contribution >= 4 is 17.7 Å². The first-order valence-electron chi connectivity index (χ1n) is 9.81. The highest BCUT2D eigenvalue weighted by Crippen LogP contribution is 2.60. The van der Waals surface area contributed by atoms with E-state index in [0.717, 1.165) is 24.8 Å². The van der Waals surface area contributed by atoms with Crippen molar-refractivity contribution in [2.24, 2.45) is 17.3 Å². The molecule has 5 nitrogen and oxygen atoms in total. The first-order valence-corrected chi connectivity index (χ1v) is 9.81. The third kappa shape index (κ3) is 2.97. The van der Waals surface area contributed by atoms with Crippen LogP contribution in [0.1, 0.15) is 63.5 Å². The van der Waals surface area contributed by atoms with Crippen molar-refractivity contribution in [1.29, 1.82) is 0 Å². The normalized spacial score (nSPS) is 34.3. The fourth-order valence-electron chi connectivity index (χ4n) is 5.94. The minimum atomic E-state index is -0.379. The van der Waals surface area contributed by atoms with Crippen molar-refractivity contribution in [2.45, 2.75) is 64.9 Å². The van der Waals surface area contributed by atoms with E-state index < -0.39 is 0 Å². The highest BCUT2D eigenvalue weighted by atomic mass is 16.5. The second-order valence-electron chi connectivity index (χ2n) is 8.52. The zero-order valence-electron chi connectivity index (χ0n) is 16.1. The van der Waals surface area contributed by atoms with Crippen LogP contribution in [-0.2, 0) is 25.5 Å². The summed E-state index contributed by atoms with van der Waals surface area (Å²) >= 11 is 0. The summed E-state index contributed by atoms with van der Waals surface area (Å²) in [6, 6.07) is 5.77. The summed E-state index contributed by atoms with van der Waals surface area (Å²) in [5, 5.41) is 0. The van der Waals surface area contributed by atoms with Gasteiger partial charge < -0.3 is 9.47 Å². The Hall–Kier alpha value is -2.17. The predicted octanol–water partition coefficient (Wildman–Crippen LogP) is 3.58. The van der Waals surface area contributed by atoms with Gasteiger partial charge in [-0.15, -0.1) is 0 Å². The number of carbonyl (C=O) groups is 3. The van der Waals surface area contributed by atoms with Crippen molar-refractivity contribution in [2.75, 3.05) is 0 Å². The first-order chi connectivity index (χ1) is 12.8. The smallest absolute Gasteiger partial charge is 0.308 e. The van der Waals surface area contributed by atoms with Crippen LogP contribution >= 0.6 is 0 Å². The lowest BCUT2D eigenvalue weighted by molar-refractivity contribution is -0.158. The molecule has 0 aromatic heterocycles. The van der Waals surface area contributed by atoms with Crippen LogP contribution in [0.4, 0.5) is 0 Å². The molecule has 0 aliphatic heterocycles. The molecule has 2 saturated carbocycles. The average Bonchev–Trinajstić information content (AvgIpc) is 2.88. The fourth-order valence-corrected chi connectivity index (χ4v) is 5.94. The second-order valence-corrected chi connectivity index (χ2v) is 8.52. The molecule has 1 aromatic rings. The summed E-state index contributed by atoms with van der Waals surface area (Å²) in [5.74, 6) is 1.04. The number of ketones is 1. The Balaban J connectivity index is 1.74. The number of rotatable bonds is 2. The van der Waals surface area contributed by atoms with E-state index in [0.29, 0.717) is 36.2 Å². The predicted molar refractivity (Wildman–Crippen MR) is 98.3 cm³/mol. The van der Waals surface area contributed by atoms with Crippen LogP contribution in [0.2, 0.25) is 0 Å². The molecule has 144 valence electrons. The van der Waals surface area contributed by atoms with E-state index in [4.69, 9.17) is 9.47 Å². The summed E-state index contributed by atoms with van der Waals surface area (Å²) in [6.45, 7) is 4.90. The molecule has 4 rings (SSSR count). The molecule has 3 aliphatic carbocycles. The van der Waals surface area contributed by atoms with E-state index in [1.165, 1.54) is 19.4 Å². The maximum atomic E-state index is 12.6. The molecule has 3 aliphatic rings. The number of benzene rings is 1. The Bertz CT molecular complexity index is 813. The van der Waals surface area contributed by atoms with Crippen LogP contribution in [0, 0.1) is 17.3 Å². The van der Waals surface area contributed by atoms with Gasteiger partial charge in [-0.25, -0.2) is 0 Å². The van der Waals surface area contributed by atoms with Crippen LogP contribution in [0.5, 0.6) is 5.75 Å². The van der Waals surface area contributed by atoms with Crippen LogP contribution in [0.25, 0.3) is 0 Å². The lowest BCUT2D eigenvalue weighted by Gasteiger charge is -2.51. The number of hydrogen-bond acceptors (Lipinski definition) is 5. The standard InChI is InChI=1S/C22H26O5/c1-12(23)26-15-5-7-16-14(10-15)4-6-17-18-8-9-20(25)22(18,3)11-19(21(16)17)27-13(2)24/h5,7,10,17-19,21H,4,6,8-9,11H2,1-3H3/t17-,18-,19-,21+,22-/m0/s1. The Morgan fingerprint density at radius 1 is 1.11 bits per heavy atom. The molecule has 0 saturated heterocycles. The van der Waals surface area contributed by atoms with Gasteiger partial charge in [-0.2, -0.15) is 0 Å². The number of hydrogen-bond donors (Lipinski definition) is 0. The molecule has 0 heterocycles. The quantitative estimate of drug-likeness (QED) is 0.588. The zero-order valence-corrected chi connectivity index (χ0v) is 16.1. The zero-order chi connectivity index (χ0) is 19.3. The minimum absolute atomic E-state index is 0.105. The van der Waals surface area contributed by atoms with Crippen molar-refractivity contribution in [3.8, 4) is 5.75 Å². The topological polar surface area (TPSA) is 69.7 Å². The van der Waals surface area contributed by atoms with Gasteiger partial charge in [-0.05, 0) is 60.8 Å². The Labute approximate surface area is 159 Å².